The van der Waals surface area contributed by atoms with E-state index in [-0.39, 0.29) is 0 Å². The quantitative estimate of drug-likeness (QED) is 0.724. The van der Waals surface area contributed by atoms with Gasteiger partial charge in [0.05, 0.1) is 17.8 Å². The van der Waals surface area contributed by atoms with Gasteiger partial charge in [-0.2, -0.15) is 0 Å². The van der Waals surface area contributed by atoms with Crippen molar-refractivity contribution >= 4 is 22.9 Å². The molecule has 3 aromatic rings. The molecule has 0 aliphatic heterocycles. The number of aryl methyl sites for hydroxylation is 1. The molecule has 1 aromatic carbocycles. The topological polar surface area (TPSA) is 41.8 Å². The van der Waals surface area contributed by atoms with Gasteiger partial charge in [-0.25, -0.2) is 4.98 Å². The molecule has 0 saturated heterocycles. The molecule has 0 aliphatic carbocycles. The molecule has 0 spiro atoms. The Morgan fingerprint density at radius 3 is 2.80 bits per heavy atom. The third kappa shape index (κ3) is 3.89. The largest absolute Gasteiger partial charge is 0.495 e. The molecule has 0 fully saturated rings. The van der Waals surface area contributed by atoms with Gasteiger partial charge in [-0.05, 0) is 44.8 Å². The molecule has 5 nitrogen and oxygen atoms in total. The van der Waals surface area contributed by atoms with Gasteiger partial charge >= 0.3 is 0 Å². The number of pyridine rings is 1. The van der Waals surface area contributed by atoms with E-state index in [0.717, 1.165) is 41.2 Å². The van der Waals surface area contributed by atoms with Crippen molar-refractivity contribution in [3.05, 3.63) is 47.2 Å². The van der Waals surface area contributed by atoms with Crippen LogP contribution < -0.4 is 10.1 Å². The minimum Gasteiger partial charge on any atom is -0.495 e. The Hall–Kier alpha value is -2.24. The molecular weight excluding hydrogens is 336 g/mol. The molecular formula is C19H23ClN4O. The van der Waals surface area contributed by atoms with Gasteiger partial charge in [-0.3, -0.25) is 0 Å². The monoisotopic (exact) mass is 358 g/mol. The standard InChI is InChI=1S/C19H23ClN4O/c1-13-9-18(25-4)16(20)11-15(13)17-12-24-7-5-14(10-19(24)22-17)21-6-8-23(2)3/h5,7,9-12,21H,6,8H2,1-4H3. The molecule has 25 heavy (non-hydrogen) atoms. The fourth-order valence-electron chi connectivity index (χ4n) is 2.73. The SMILES string of the molecule is COc1cc(C)c(-c2cn3ccc(NCCN(C)C)cc3n2)cc1Cl. The number of anilines is 1. The average molecular weight is 359 g/mol. The van der Waals surface area contributed by atoms with Crippen LogP contribution in [-0.2, 0) is 0 Å². The Morgan fingerprint density at radius 1 is 1.28 bits per heavy atom. The summed E-state index contributed by atoms with van der Waals surface area (Å²) in [5.41, 5.74) is 4.95. The number of halogens is 1. The molecule has 6 heteroatoms. The zero-order chi connectivity index (χ0) is 18.0. The van der Waals surface area contributed by atoms with Crippen molar-refractivity contribution in [3.63, 3.8) is 0 Å². The maximum Gasteiger partial charge on any atom is 0.139 e. The van der Waals surface area contributed by atoms with Crippen LogP contribution in [-0.4, -0.2) is 48.6 Å². The number of likely N-dealkylation sites (N-methyl/N-ethyl adjacent to an activating group) is 1. The number of methoxy groups -OCH3 is 1. The first-order valence-corrected chi connectivity index (χ1v) is 8.57. The second-order valence-corrected chi connectivity index (χ2v) is 6.75. The summed E-state index contributed by atoms with van der Waals surface area (Å²) in [4.78, 5) is 6.91. The van der Waals surface area contributed by atoms with E-state index in [1.165, 1.54) is 0 Å². The summed E-state index contributed by atoms with van der Waals surface area (Å²) in [6.07, 6.45) is 4.04. The molecule has 0 aliphatic rings. The molecule has 0 amide bonds. The van der Waals surface area contributed by atoms with Gasteiger partial charge in [0, 0.05) is 42.8 Å². The van der Waals surface area contributed by atoms with Crippen molar-refractivity contribution in [3.8, 4) is 17.0 Å². The van der Waals surface area contributed by atoms with Crippen LogP contribution in [0.5, 0.6) is 5.75 Å². The van der Waals surface area contributed by atoms with Crippen LogP contribution in [0.2, 0.25) is 5.02 Å². The van der Waals surface area contributed by atoms with Crippen molar-refractivity contribution in [2.24, 2.45) is 0 Å². The van der Waals surface area contributed by atoms with Crippen LogP contribution in [0.1, 0.15) is 5.56 Å². The first-order chi connectivity index (χ1) is 12.0. The zero-order valence-corrected chi connectivity index (χ0v) is 15.8. The molecule has 132 valence electrons. The molecule has 0 saturated carbocycles. The van der Waals surface area contributed by atoms with Crippen molar-refractivity contribution in [2.45, 2.75) is 6.92 Å². The fraction of sp³-hybridized carbons (Fsp3) is 0.316. The van der Waals surface area contributed by atoms with Gasteiger partial charge in [0.1, 0.15) is 11.4 Å². The summed E-state index contributed by atoms with van der Waals surface area (Å²) < 4.78 is 7.29. The van der Waals surface area contributed by atoms with Crippen molar-refractivity contribution in [1.82, 2.24) is 14.3 Å². The third-order valence-corrected chi connectivity index (χ3v) is 4.42. The number of fused-ring (bicyclic) bond motifs is 1. The number of hydrogen-bond donors (Lipinski definition) is 1. The van der Waals surface area contributed by atoms with E-state index < -0.39 is 0 Å². The van der Waals surface area contributed by atoms with Gasteiger partial charge in [-0.15, -0.1) is 0 Å². The second-order valence-electron chi connectivity index (χ2n) is 6.34. The number of ether oxygens (including phenoxy) is 1. The minimum atomic E-state index is 0.589. The van der Waals surface area contributed by atoms with Crippen LogP contribution in [0.25, 0.3) is 16.9 Å². The Bertz CT molecular complexity index is 889. The van der Waals surface area contributed by atoms with Crippen LogP contribution in [0.15, 0.2) is 36.7 Å². The first kappa shape index (κ1) is 17.6. The summed E-state index contributed by atoms with van der Waals surface area (Å²) in [5.74, 6) is 0.680. The number of rotatable bonds is 6. The highest BCUT2D eigenvalue weighted by Crippen LogP contribution is 2.33. The predicted octanol–water partition coefficient (Wildman–Crippen LogP) is 3.95. The fourth-order valence-corrected chi connectivity index (χ4v) is 2.97. The zero-order valence-electron chi connectivity index (χ0n) is 15.0. The first-order valence-electron chi connectivity index (χ1n) is 8.20. The van der Waals surface area contributed by atoms with Gasteiger partial charge in [0.2, 0.25) is 0 Å². The van der Waals surface area contributed by atoms with Gasteiger partial charge in [-0.1, -0.05) is 11.6 Å². The van der Waals surface area contributed by atoms with Crippen LogP contribution in [0.3, 0.4) is 0 Å². The van der Waals surface area contributed by atoms with Crippen molar-refractivity contribution in [1.29, 1.82) is 0 Å². The van der Waals surface area contributed by atoms with E-state index in [9.17, 15) is 0 Å². The van der Waals surface area contributed by atoms with Gasteiger partial charge < -0.3 is 19.4 Å². The van der Waals surface area contributed by atoms with E-state index in [1.807, 2.05) is 35.9 Å². The number of nitrogens with zero attached hydrogens (tertiary/aromatic N) is 3. The lowest BCUT2D eigenvalue weighted by Gasteiger charge is -2.11. The van der Waals surface area contributed by atoms with E-state index in [4.69, 9.17) is 21.3 Å². The van der Waals surface area contributed by atoms with Crippen molar-refractivity contribution < 1.29 is 4.74 Å². The molecule has 0 atom stereocenters. The van der Waals surface area contributed by atoms with Crippen LogP contribution in [0, 0.1) is 6.92 Å². The van der Waals surface area contributed by atoms with E-state index in [1.54, 1.807) is 7.11 Å². The van der Waals surface area contributed by atoms with Crippen LogP contribution in [0.4, 0.5) is 5.69 Å². The molecule has 0 radical (unpaired) electrons. The lowest BCUT2D eigenvalue weighted by atomic mass is 10.1. The van der Waals surface area contributed by atoms with Gasteiger partial charge in [0.25, 0.3) is 0 Å². The Balaban J connectivity index is 1.90. The summed E-state index contributed by atoms with van der Waals surface area (Å²) in [7, 11) is 5.75. The molecule has 2 heterocycles. The normalized spacial score (nSPS) is 11.3. The molecule has 0 unspecified atom stereocenters. The highest BCUT2D eigenvalue weighted by molar-refractivity contribution is 6.32. The summed E-state index contributed by atoms with van der Waals surface area (Å²) in [6, 6.07) is 7.96. The molecule has 3 rings (SSSR count). The maximum atomic E-state index is 6.28. The lowest BCUT2D eigenvalue weighted by Crippen LogP contribution is -2.20. The smallest absolute Gasteiger partial charge is 0.139 e. The highest BCUT2D eigenvalue weighted by Gasteiger charge is 2.11. The number of nitrogens with one attached hydrogen (secondary N) is 1. The minimum absolute atomic E-state index is 0.589. The number of aromatic nitrogens is 2. The number of benzene rings is 1. The molecule has 0 bridgehead atoms. The Kier molecular flexibility index (Phi) is 5.16. The Labute approximate surface area is 153 Å². The summed E-state index contributed by atoms with van der Waals surface area (Å²) >= 11 is 6.28. The summed E-state index contributed by atoms with van der Waals surface area (Å²) in [5, 5.41) is 4.01. The Morgan fingerprint density at radius 2 is 2.08 bits per heavy atom. The van der Waals surface area contributed by atoms with E-state index >= 15 is 0 Å². The average Bonchev–Trinajstić information content (AvgIpc) is 2.99. The van der Waals surface area contributed by atoms with Crippen LogP contribution >= 0.6 is 11.6 Å². The van der Waals surface area contributed by atoms with E-state index in [2.05, 4.69) is 36.4 Å². The van der Waals surface area contributed by atoms with Gasteiger partial charge in [0.15, 0.2) is 0 Å². The third-order valence-electron chi connectivity index (χ3n) is 4.12. The second kappa shape index (κ2) is 7.33. The summed E-state index contributed by atoms with van der Waals surface area (Å²) in [6.45, 7) is 3.91. The lowest BCUT2D eigenvalue weighted by molar-refractivity contribution is 0.415. The molecule has 2 aromatic heterocycles. The van der Waals surface area contributed by atoms with E-state index in [0.29, 0.717) is 10.8 Å². The number of imidazole rings is 1. The highest BCUT2D eigenvalue weighted by atomic mass is 35.5. The molecule has 1 N–H and O–H groups in total. The van der Waals surface area contributed by atoms with Crippen molar-refractivity contribution in [2.75, 3.05) is 39.6 Å². The number of hydrogen-bond acceptors (Lipinski definition) is 4. The predicted molar refractivity (Wildman–Crippen MR) is 104 cm³/mol. The maximum absolute atomic E-state index is 6.28.